The van der Waals surface area contributed by atoms with E-state index in [1.165, 1.54) is 14.2 Å². The SMILES string of the molecule is CCN(Cc1nc2cc(OC)c(OC)cc2c(=O)[nH]1)C(=O)C1COCCN1. The molecule has 0 bridgehead atoms. The third-order valence-corrected chi connectivity index (χ3v) is 4.51. The summed E-state index contributed by atoms with van der Waals surface area (Å²) in [7, 11) is 3.03. The highest BCUT2D eigenvalue weighted by Crippen LogP contribution is 2.29. The van der Waals surface area contributed by atoms with Gasteiger partial charge in [-0.2, -0.15) is 0 Å². The number of morpholine rings is 1. The summed E-state index contributed by atoms with van der Waals surface area (Å²) in [5.41, 5.74) is 0.188. The summed E-state index contributed by atoms with van der Waals surface area (Å²) in [5, 5.41) is 3.55. The molecular weight excluding hydrogens is 352 g/mol. The summed E-state index contributed by atoms with van der Waals surface area (Å²) in [5.74, 6) is 1.28. The summed E-state index contributed by atoms with van der Waals surface area (Å²) in [6.45, 7) is 4.15. The first kappa shape index (κ1) is 19.1. The molecule has 1 aliphatic rings. The van der Waals surface area contributed by atoms with Crippen LogP contribution in [-0.4, -0.2) is 67.3 Å². The molecular formula is C18H24N4O5. The average molecular weight is 376 g/mol. The Morgan fingerprint density at radius 1 is 1.33 bits per heavy atom. The van der Waals surface area contributed by atoms with Crippen molar-refractivity contribution in [2.45, 2.75) is 19.5 Å². The Morgan fingerprint density at radius 2 is 2.07 bits per heavy atom. The van der Waals surface area contributed by atoms with E-state index in [1.807, 2.05) is 6.92 Å². The molecule has 1 saturated heterocycles. The number of ether oxygens (including phenoxy) is 3. The molecule has 1 unspecified atom stereocenters. The van der Waals surface area contributed by atoms with E-state index in [9.17, 15) is 9.59 Å². The lowest BCUT2D eigenvalue weighted by atomic mass is 10.2. The van der Waals surface area contributed by atoms with Gasteiger partial charge < -0.3 is 29.4 Å². The monoisotopic (exact) mass is 376 g/mol. The zero-order chi connectivity index (χ0) is 19.4. The van der Waals surface area contributed by atoms with Crippen LogP contribution in [0.1, 0.15) is 12.7 Å². The van der Waals surface area contributed by atoms with Crippen molar-refractivity contribution >= 4 is 16.8 Å². The first-order valence-electron chi connectivity index (χ1n) is 8.82. The molecule has 9 nitrogen and oxygen atoms in total. The van der Waals surface area contributed by atoms with Gasteiger partial charge in [0.2, 0.25) is 5.91 Å². The molecule has 1 atom stereocenters. The van der Waals surface area contributed by atoms with Gasteiger partial charge in [-0.05, 0) is 13.0 Å². The van der Waals surface area contributed by atoms with E-state index in [2.05, 4.69) is 15.3 Å². The van der Waals surface area contributed by atoms with Gasteiger partial charge in [0.1, 0.15) is 11.9 Å². The van der Waals surface area contributed by atoms with Crippen molar-refractivity contribution in [1.82, 2.24) is 20.2 Å². The Balaban J connectivity index is 1.89. The Kier molecular flexibility index (Phi) is 5.92. The molecule has 1 amide bonds. The molecule has 1 fully saturated rings. The molecule has 9 heteroatoms. The van der Waals surface area contributed by atoms with E-state index in [0.717, 1.165) is 0 Å². The van der Waals surface area contributed by atoms with Crippen LogP contribution in [0, 0.1) is 0 Å². The van der Waals surface area contributed by atoms with Crippen LogP contribution in [0.25, 0.3) is 10.9 Å². The van der Waals surface area contributed by atoms with E-state index >= 15 is 0 Å². The normalized spacial score (nSPS) is 16.9. The topological polar surface area (TPSA) is 106 Å². The number of H-pyrrole nitrogens is 1. The number of aromatic amines is 1. The first-order valence-corrected chi connectivity index (χ1v) is 8.82. The molecule has 2 aromatic rings. The molecule has 1 aliphatic heterocycles. The number of benzene rings is 1. The standard InChI is InChI=1S/C18H24N4O5/c1-4-22(18(24)13-10-27-6-5-19-13)9-16-20-12-8-15(26-3)14(25-2)7-11(12)17(23)21-16/h7-8,13,19H,4-6,9-10H2,1-3H3,(H,20,21,23). The fraction of sp³-hybridized carbons (Fsp3) is 0.500. The summed E-state index contributed by atoms with van der Waals surface area (Å²) in [4.78, 5) is 34.1. The second-order valence-corrected chi connectivity index (χ2v) is 6.17. The molecule has 1 aromatic carbocycles. The Labute approximate surface area is 156 Å². The van der Waals surface area contributed by atoms with Crippen molar-refractivity contribution in [2.24, 2.45) is 0 Å². The summed E-state index contributed by atoms with van der Waals surface area (Å²) >= 11 is 0. The van der Waals surface area contributed by atoms with E-state index in [-0.39, 0.29) is 24.1 Å². The largest absolute Gasteiger partial charge is 0.493 e. The van der Waals surface area contributed by atoms with Gasteiger partial charge >= 0.3 is 0 Å². The third kappa shape index (κ3) is 4.04. The van der Waals surface area contributed by atoms with Crippen LogP contribution in [0.4, 0.5) is 0 Å². The number of nitrogens with one attached hydrogen (secondary N) is 2. The first-order chi connectivity index (χ1) is 13.1. The zero-order valence-electron chi connectivity index (χ0n) is 15.7. The van der Waals surface area contributed by atoms with Crippen molar-refractivity contribution in [1.29, 1.82) is 0 Å². The van der Waals surface area contributed by atoms with Crippen molar-refractivity contribution in [3.63, 3.8) is 0 Å². The van der Waals surface area contributed by atoms with Gasteiger partial charge in [0, 0.05) is 19.2 Å². The summed E-state index contributed by atoms with van der Waals surface area (Å²) in [6.07, 6.45) is 0. The lowest BCUT2D eigenvalue weighted by molar-refractivity contribution is -0.136. The number of carbonyl (C=O) groups excluding carboxylic acids is 1. The molecule has 3 rings (SSSR count). The predicted molar refractivity (Wildman–Crippen MR) is 99.2 cm³/mol. The minimum Gasteiger partial charge on any atom is -0.493 e. The van der Waals surface area contributed by atoms with Crippen molar-refractivity contribution in [3.8, 4) is 11.5 Å². The van der Waals surface area contributed by atoms with Gasteiger partial charge in [0.15, 0.2) is 11.5 Å². The summed E-state index contributed by atoms with van der Waals surface area (Å²) < 4.78 is 15.9. The Morgan fingerprint density at radius 3 is 2.70 bits per heavy atom. The van der Waals surface area contributed by atoms with E-state index in [1.54, 1.807) is 17.0 Å². The van der Waals surface area contributed by atoms with E-state index < -0.39 is 0 Å². The van der Waals surface area contributed by atoms with Gasteiger partial charge in [-0.15, -0.1) is 0 Å². The van der Waals surface area contributed by atoms with Gasteiger partial charge in [0.05, 0.1) is 44.9 Å². The van der Waals surface area contributed by atoms with E-state index in [0.29, 0.717) is 54.5 Å². The molecule has 0 aliphatic carbocycles. The highest BCUT2D eigenvalue weighted by Gasteiger charge is 2.26. The second-order valence-electron chi connectivity index (χ2n) is 6.17. The number of rotatable bonds is 6. The molecule has 1 aromatic heterocycles. The molecule has 0 radical (unpaired) electrons. The quantitative estimate of drug-likeness (QED) is 0.746. The van der Waals surface area contributed by atoms with Gasteiger partial charge in [0.25, 0.3) is 5.56 Å². The number of nitrogens with zero attached hydrogens (tertiary/aromatic N) is 2. The number of fused-ring (bicyclic) bond motifs is 1. The van der Waals surface area contributed by atoms with Gasteiger partial charge in [-0.25, -0.2) is 4.98 Å². The maximum atomic E-state index is 12.7. The van der Waals surface area contributed by atoms with Crippen molar-refractivity contribution in [2.75, 3.05) is 40.5 Å². The van der Waals surface area contributed by atoms with Crippen LogP contribution in [0.2, 0.25) is 0 Å². The molecule has 27 heavy (non-hydrogen) atoms. The second kappa shape index (κ2) is 8.36. The molecule has 0 saturated carbocycles. The lowest BCUT2D eigenvalue weighted by Crippen LogP contribution is -2.52. The maximum absolute atomic E-state index is 12.7. The van der Waals surface area contributed by atoms with Crippen molar-refractivity contribution < 1.29 is 19.0 Å². The van der Waals surface area contributed by atoms with E-state index in [4.69, 9.17) is 14.2 Å². The maximum Gasteiger partial charge on any atom is 0.258 e. The third-order valence-electron chi connectivity index (χ3n) is 4.51. The van der Waals surface area contributed by atoms with Crippen LogP contribution in [-0.2, 0) is 16.1 Å². The fourth-order valence-corrected chi connectivity index (χ4v) is 3.06. The number of methoxy groups -OCH3 is 2. The van der Waals surface area contributed by atoms with Crippen LogP contribution in [0.5, 0.6) is 11.5 Å². The number of carbonyl (C=O) groups is 1. The Hall–Kier alpha value is -2.65. The molecule has 146 valence electrons. The average Bonchev–Trinajstić information content (AvgIpc) is 2.71. The highest BCUT2D eigenvalue weighted by atomic mass is 16.5. The minimum absolute atomic E-state index is 0.0766. The Bertz CT molecular complexity index is 876. The molecule has 2 N–H and O–H groups in total. The van der Waals surface area contributed by atoms with Gasteiger partial charge in [-0.3, -0.25) is 9.59 Å². The smallest absolute Gasteiger partial charge is 0.258 e. The molecule has 0 spiro atoms. The minimum atomic E-state index is -0.379. The van der Waals surface area contributed by atoms with Crippen molar-refractivity contribution in [3.05, 3.63) is 28.3 Å². The number of likely N-dealkylation sites (N-methyl/N-ethyl adjacent to an activating group) is 1. The van der Waals surface area contributed by atoms with Crippen LogP contribution in [0.3, 0.4) is 0 Å². The number of aromatic nitrogens is 2. The summed E-state index contributed by atoms with van der Waals surface area (Å²) in [6, 6.07) is 2.87. The van der Waals surface area contributed by atoms with Gasteiger partial charge in [-0.1, -0.05) is 0 Å². The zero-order valence-corrected chi connectivity index (χ0v) is 15.7. The fourth-order valence-electron chi connectivity index (χ4n) is 3.06. The van der Waals surface area contributed by atoms with Crippen LogP contribution < -0.4 is 20.3 Å². The lowest BCUT2D eigenvalue weighted by Gasteiger charge is -2.29. The molecule has 2 heterocycles. The number of amides is 1. The highest BCUT2D eigenvalue weighted by molar-refractivity contribution is 5.83. The number of hydrogen-bond acceptors (Lipinski definition) is 7. The van der Waals surface area contributed by atoms with Crippen LogP contribution in [0.15, 0.2) is 16.9 Å². The predicted octanol–water partition coefficient (Wildman–Crippen LogP) is 0.277. The number of hydrogen-bond donors (Lipinski definition) is 2. The van der Waals surface area contributed by atoms with Crippen LogP contribution >= 0.6 is 0 Å².